The Morgan fingerprint density at radius 1 is 1.24 bits per heavy atom. The van der Waals surface area contributed by atoms with Gasteiger partial charge in [-0.1, -0.05) is 30.3 Å². The van der Waals surface area contributed by atoms with Crippen LogP contribution in [0.15, 0.2) is 30.3 Å². The molecule has 2 saturated heterocycles. The van der Waals surface area contributed by atoms with Gasteiger partial charge in [-0.05, 0) is 31.4 Å². The van der Waals surface area contributed by atoms with Crippen molar-refractivity contribution >= 4 is 18.3 Å². The Morgan fingerprint density at radius 3 is 2.57 bits per heavy atom. The van der Waals surface area contributed by atoms with Gasteiger partial charge in [-0.25, -0.2) is 0 Å². The van der Waals surface area contributed by atoms with E-state index in [2.05, 4.69) is 22.8 Å². The van der Waals surface area contributed by atoms with Crippen LogP contribution in [-0.2, 0) is 14.9 Å². The number of benzene rings is 1. The smallest absolute Gasteiger partial charge is 0.231 e. The molecule has 1 atom stereocenters. The van der Waals surface area contributed by atoms with Gasteiger partial charge in [0.1, 0.15) is 0 Å². The summed E-state index contributed by atoms with van der Waals surface area (Å²) in [7, 11) is 0. The number of nitrogens with one attached hydrogen (secondary N) is 2. The Labute approximate surface area is 132 Å². The number of hydrogen-bond acceptors (Lipinski definition) is 3. The SMILES string of the molecule is Cl.O=C(NC1CCNC1)C1(c2ccccc2)CCOCC1. The van der Waals surface area contributed by atoms with E-state index in [0.717, 1.165) is 37.9 Å². The van der Waals surface area contributed by atoms with E-state index >= 15 is 0 Å². The molecule has 1 aromatic carbocycles. The van der Waals surface area contributed by atoms with Crippen LogP contribution in [0.4, 0.5) is 0 Å². The van der Waals surface area contributed by atoms with Crippen LogP contribution in [0.5, 0.6) is 0 Å². The van der Waals surface area contributed by atoms with Crippen LogP contribution in [0.25, 0.3) is 0 Å². The summed E-state index contributed by atoms with van der Waals surface area (Å²) >= 11 is 0. The molecule has 2 heterocycles. The van der Waals surface area contributed by atoms with Crippen molar-refractivity contribution in [3.8, 4) is 0 Å². The van der Waals surface area contributed by atoms with E-state index in [9.17, 15) is 4.79 Å². The molecule has 2 aliphatic rings. The summed E-state index contributed by atoms with van der Waals surface area (Å²) in [6.45, 7) is 3.19. The van der Waals surface area contributed by atoms with Gasteiger partial charge in [-0.3, -0.25) is 4.79 Å². The number of halogens is 1. The van der Waals surface area contributed by atoms with E-state index < -0.39 is 5.41 Å². The van der Waals surface area contributed by atoms with Crippen molar-refractivity contribution in [1.29, 1.82) is 0 Å². The van der Waals surface area contributed by atoms with Crippen molar-refractivity contribution in [1.82, 2.24) is 10.6 Å². The van der Waals surface area contributed by atoms with Gasteiger partial charge >= 0.3 is 0 Å². The quantitative estimate of drug-likeness (QED) is 0.892. The molecule has 4 nitrogen and oxygen atoms in total. The second-order valence-electron chi connectivity index (χ2n) is 5.72. The first-order valence-corrected chi connectivity index (χ1v) is 7.46. The van der Waals surface area contributed by atoms with Crippen molar-refractivity contribution in [3.63, 3.8) is 0 Å². The number of ether oxygens (including phenoxy) is 1. The lowest BCUT2D eigenvalue weighted by Crippen LogP contribution is -2.51. The molecule has 21 heavy (non-hydrogen) atoms. The molecule has 1 aromatic rings. The number of carbonyl (C=O) groups excluding carboxylic acids is 1. The Kier molecular flexibility index (Phi) is 5.62. The first-order valence-electron chi connectivity index (χ1n) is 7.46. The van der Waals surface area contributed by atoms with E-state index in [4.69, 9.17) is 4.74 Å². The summed E-state index contributed by atoms with van der Waals surface area (Å²) in [5.74, 6) is 0.167. The average molecular weight is 311 g/mol. The fraction of sp³-hybridized carbons (Fsp3) is 0.562. The van der Waals surface area contributed by atoms with Crippen LogP contribution in [0.1, 0.15) is 24.8 Å². The zero-order valence-corrected chi connectivity index (χ0v) is 13.0. The fourth-order valence-corrected chi connectivity index (χ4v) is 3.23. The normalized spacial score (nSPS) is 24.1. The molecule has 0 aliphatic carbocycles. The van der Waals surface area contributed by atoms with E-state index in [1.807, 2.05) is 18.2 Å². The van der Waals surface area contributed by atoms with Crippen molar-refractivity contribution in [3.05, 3.63) is 35.9 Å². The van der Waals surface area contributed by atoms with Crippen molar-refractivity contribution in [2.75, 3.05) is 26.3 Å². The number of amides is 1. The molecule has 0 radical (unpaired) electrons. The summed E-state index contributed by atoms with van der Waals surface area (Å²) in [5, 5.41) is 6.52. The molecule has 2 N–H and O–H groups in total. The minimum atomic E-state index is -0.415. The third-order valence-corrected chi connectivity index (χ3v) is 4.50. The highest BCUT2D eigenvalue weighted by molar-refractivity contribution is 5.88. The van der Waals surface area contributed by atoms with Gasteiger partial charge in [0.05, 0.1) is 5.41 Å². The van der Waals surface area contributed by atoms with E-state index in [0.29, 0.717) is 13.2 Å². The largest absolute Gasteiger partial charge is 0.381 e. The van der Waals surface area contributed by atoms with E-state index in [1.165, 1.54) is 0 Å². The van der Waals surface area contributed by atoms with Gasteiger partial charge in [0, 0.05) is 25.8 Å². The Bertz CT molecular complexity index is 455. The minimum Gasteiger partial charge on any atom is -0.381 e. The molecular formula is C16H23ClN2O2. The standard InChI is InChI=1S/C16H22N2O2.ClH/c19-15(18-14-6-9-17-12-14)16(7-10-20-11-8-16)13-4-2-1-3-5-13;/h1-5,14,17H,6-12H2,(H,18,19);1H. The van der Waals surface area contributed by atoms with Crippen LogP contribution in [0.2, 0.25) is 0 Å². The van der Waals surface area contributed by atoms with Crippen LogP contribution < -0.4 is 10.6 Å². The van der Waals surface area contributed by atoms with Gasteiger partial charge in [0.2, 0.25) is 5.91 Å². The van der Waals surface area contributed by atoms with Crippen LogP contribution in [-0.4, -0.2) is 38.3 Å². The third kappa shape index (κ3) is 3.39. The second-order valence-corrected chi connectivity index (χ2v) is 5.72. The molecule has 0 aromatic heterocycles. The predicted molar refractivity (Wildman–Crippen MR) is 84.8 cm³/mol. The van der Waals surface area contributed by atoms with Crippen LogP contribution in [0.3, 0.4) is 0 Å². The molecule has 0 spiro atoms. The predicted octanol–water partition coefficient (Wildman–Crippen LogP) is 1.63. The third-order valence-electron chi connectivity index (χ3n) is 4.50. The van der Waals surface area contributed by atoms with Gasteiger partial charge < -0.3 is 15.4 Å². The molecule has 3 rings (SSSR count). The molecule has 2 fully saturated rings. The first-order chi connectivity index (χ1) is 9.81. The topological polar surface area (TPSA) is 50.4 Å². The van der Waals surface area contributed by atoms with Gasteiger partial charge in [0.15, 0.2) is 0 Å². The molecule has 1 amide bonds. The van der Waals surface area contributed by atoms with Crippen molar-refractivity contribution in [2.24, 2.45) is 0 Å². The maximum Gasteiger partial charge on any atom is 0.231 e. The second kappa shape index (κ2) is 7.25. The Balaban J connectivity index is 0.00000161. The molecule has 5 heteroatoms. The molecule has 0 saturated carbocycles. The zero-order valence-electron chi connectivity index (χ0n) is 12.1. The Hall–Kier alpha value is -1.10. The number of carbonyl (C=O) groups is 1. The molecule has 1 unspecified atom stereocenters. The van der Waals surface area contributed by atoms with Gasteiger partial charge in [-0.2, -0.15) is 0 Å². The van der Waals surface area contributed by atoms with Gasteiger partial charge in [0.25, 0.3) is 0 Å². The number of rotatable bonds is 3. The van der Waals surface area contributed by atoms with E-state index in [-0.39, 0.29) is 24.4 Å². The molecule has 2 aliphatic heterocycles. The zero-order chi connectivity index (χ0) is 13.8. The maximum atomic E-state index is 12.9. The lowest BCUT2D eigenvalue weighted by molar-refractivity contribution is -0.131. The Morgan fingerprint density at radius 2 is 1.95 bits per heavy atom. The summed E-state index contributed by atoms with van der Waals surface area (Å²) < 4.78 is 5.47. The van der Waals surface area contributed by atoms with Crippen LogP contribution >= 0.6 is 12.4 Å². The molecular weight excluding hydrogens is 288 g/mol. The van der Waals surface area contributed by atoms with Crippen molar-refractivity contribution < 1.29 is 9.53 Å². The average Bonchev–Trinajstić information content (AvgIpc) is 3.02. The number of hydrogen-bond donors (Lipinski definition) is 2. The maximum absolute atomic E-state index is 12.9. The highest BCUT2D eigenvalue weighted by Gasteiger charge is 2.42. The lowest BCUT2D eigenvalue weighted by Gasteiger charge is -2.37. The summed E-state index contributed by atoms with van der Waals surface area (Å²) in [6.07, 6.45) is 2.55. The molecule has 0 bridgehead atoms. The highest BCUT2D eigenvalue weighted by Crippen LogP contribution is 2.35. The lowest BCUT2D eigenvalue weighted by atomic mass is 9.73. The summed E-state index contributed by atoms with van der Waals surface area (Å²) in [6, 6.07) is 10.4. The fourth-order valence-electron chi connectivity index (χ4n) is 3.23. The van der Waals surface area contributed by atoms with Gasteiger partial charge in [-0.15, -0.1) is 12.4 Å². The van der Waals surface area contributed by atoms with Crippen LogP contribution in [0, 0.1) is 0 Å². The van der Waals surface area contributed by atoms with Crippen molar-refractivity contribution in [2.45, 2.75) is 30.7 Å². The highest BCUT2D eigenvalue weighted by atomic mass is 35.5. The van der Waals surface area contributed by atoms with E-state index in [1.54, 1.807) is 0 Å². The summed E-state index contributed by atoms with van der Waals surface area (Å²) in [4.78, 5) is 12.9. The molecule has 116 valence electrons. The minimum absolute atomic E-state index is 0. The monoisotopic (exact) mass is 310 g/mol. The summed E-state index contributed by atoms with van der Waals surface area (Å²) in [5.41, 5.74) is 0.703. The first kappa shape index (κ1) is 16.3.